The van der Waals surface area contributed by atoms with Crippen LogP contribution in [0, 0.1) is 5.41 Å². The summed E-state index contributed by atoms with van der Waals surface area (Å²) in [6, 6.07) is 0. The third-order valence-electron chi connectivity index (χ3n) is 5.33. The summed E-state index contributed by atoms with van der Waals surface area (Å²) in [7, 11) is 0. The number of nitrogens with one attached hydrogen (secondary N) is 2. The van der Waals surface area contributed by atoms with E-state index in [4.69, 9.17) is 5.41 Å². The summed E-state index contributed by atoms with van der Waals surface area (Å²) in [5.74, 6) is 0.946. The lowest BCUT2D eigenvalue weighted by Crippen LogP contribution is -2.32. The van der Waals surface area contributed by atoms with Gasteiger partial charge in [-0.3, -0.25) is 19.3 Å². The molecule has 1 atom stereocenters. The standard InChI is InChI=1S/C23H39N3O4S/c1-19(27)12-6-4-10-16-26-22(29)18-20(23(26)30)31-17-11-5-7-13-21(28)25-15-9-3-2-8-14-24/h14,20,24H,2-13,15-18H2,1H3,(H,25,28). The minimum absolute atomic E-state index is 0.0680. The van der Waals surface area contributed by atoms with Crippen LogP contribution >= 0.6 is 11.8 Å². The Morgan fingerprint density at radius 2 is 1.74 bits per heavy atom. The van der Waals surface area contributed by atoms with Crippen LogP contribution in [0.4, 0.5) is 0 Å². The molecular formula is C23H39N3O4S. The average Bonchev–Trinajstić information content (AvgIpc) is 3.00. The first-order chi connectivity index (χ1) is 15.0. The number of unbranched alkanes of at least 4 members (excludes halogenated alkanes) is 7. The van der Waals surface area contributed by atoms with Gasteiger partial charge in [-0.1, -0.05) is 19.3 Å². The molecule has 0 spiro atoms. The molecule has 31 heavy (non-hydrogen) atoms. The molecule has 1 unspecified atom stereocenters. The highest BCUT2D eigenvalue weighted by molar-refractivity contribution is 8.00. The third-order valence-corrected chi connectivity index (χ3v) is 6.62. The first-order valence-electron chi connectivity index (χ1n) is 11.7. The van der Waals surface area contributed by atoms with Crippen LogP contribution in [0.5, 0.6) is 0 Å². The Morgan fingerprint density at radius 3 is 2.48 bits per heavy atom. The number of Topliss-reactive ketones (excluding diaryl/α,β-unsaturated/α-hetero) is 1. The SMILES string of the molecule is CC(=O)CCCCCN1C(=O)CC(SCCCCCC(=O)NCCCCCC=N)C1=O. The van der Waals surface area contributed by atoms with E-state index in [0.717, 1.165) is 70.0 Å². The first-order valence-corrected chi connectivity index (χ1v) is 12.7. The molecule has 8 heteroatoms. The van der Waals surface area contributed by atoms with E-state index in [1.807, 2.05) is 0 Å². The maximum atomic E-state index is 12.4. The van der Waals surface area contributed by atoms with Gasteiger partial charge in [0.15, 0.2) is 0 Å². The second-order valence-electron chi connectivity index (χ2n) is 8.17. The minimum Gasteiger partial charge on any atom is -0.356 e. The molecule has 3 amide bonds. The molecular weight excluding hydrogens is 414 g/mol. The van der Waals surface area contributed by atoms with E-state index in [2.05, 4.69) is 5.32 Å². The van der Waals surface area contributed by atoms with Gasteiger partial charge in [-0.2, -0.15) is 0 Å². The Labute approximate surface area is 191 Å². The zero-order valence-corrected chi connectivity index (χ0v) is 19.8. The largest absolute Gasteiger partial charge is 0.356 e. The van der Waals surface area contributed by atoms with Crippen molar-refractivity contribution in [1.29, 1.82) is 5.41 Å². The van der Waals surface area contributed by atoms with Crippen LogP contribution in [0.3, 0.4) is 0 Å². The van der Waals surface area contributed by atoms with Crippen LogP contribution in [0.15, 0.2) is 0 Å². The van der Waals surface area contributed by atoms with E-state index in [1.54, 1.807) is 18.7 Å². The highest BCUT2D eigenvalue weighted by Gasteiger charge is 2.38. The van der Waals surface area contributed by atoms with Crippen molar-refractivity contribution in [3.05, 3.63) is 0 Å². The van der Waals surface area contributed by atoms with Gasteiger partial charge in [0, 0.05) is 32.4 Å². The number of likely N-dealkylation sites (tertiary alicyclic amines) is 1. The second kappa shape index (κ2) is 16.9. The smallest absolute Gasteiger partial charge is 0.242 e. The molecule has 1 saturated heterocycles. The molecule has 0 aromatic heterocycles. The number of imide groups is 1. The van der Waals surface area contributed by atoms with Gasteiger partial charge in [-0.15, -0.1) is 11.8 Å². The van der Waals surface area contributed by atoms with Gasteiger partial charge in [0.2, 0.25) is 17.7 Å². The number of hydrogen-bond donors (Lipinski definition) is 2. The topological polar surface area (TPSA) is 107 Å². The summed E-state index contributed by atoms with van der Waals surface area (Å²) in [5.41, 5.74) is 0. The van der Waals surface area contributed by atoms with Crippen LogP contribution in [-0.4, -0.2) is 58.7 Å². The number of ketones is 1. The molecule has 176 valence electrons. The number of amides is 3. The van der Waals surface area contributed by atoms with Crippen molar-refractivity contribution in [3.8, 4) is 0 Å². The number of hydrogen-bond acceptors (Lipinski definition) is 6. The molecule has 1 aliphatic rings. The van der Waals surface area contributed by atoms with Gasteiger partial charge in [0.05, 0.1) is 5.25 Å². The van der Waals surface area contributed by atoms with Crippen molar-refractivity contribution in [3.63, 3.8) is 0 Å². The molecule has 0 aliphatic carbocycles. The predicted octanol–water partition coefficient (Wildman–Crippen LogP) is 3.88. The van der Waals surface area contributed by atoms with E-state index >= 15 is 0 Å². The molecule has 1 fully saturated rings. The van der Waals surface area contributed by atoms with Crippen LogP contribution in [0.2, 0.25) is 0 Å². The van der Waals surface area contributed by atoms with E-state index in [-0.39, 0.29) is 28.8 Å². The number of carbonyl (C=O) groups is 4. The Hall–Kier alpha value is -1.70. The number of thioether (sulfide) groups is 1. The van der Waals surface area contributed by atoms with Gasteiger partial charge < -0.3 is 15.5 Å². The van der Waals surface area contributed by atoms with Gasteiger partial charge >= 0.3 is 0 Å². The van der Waals surface area contributed by atoms with Gasteiger partial charge in [0.1, 0.15) is 5.78 Å². The molecule has 7 nitrogen and oxygen atoms in total. The average molecular weight is 454 g/mol. The molecule has 2 N–H and O–H groups in total. The summed E-state index contributed by atoms with van der Waals surface area (Å²) in [5, 5.41) is 9.63. The van der Waals surface area contributed by atoms with E-state index < -0.39 is 0 Å². The van der Waals surface area contributed by atoms with Crippen LogP contribution in [0.1, 0.15) is 90.4 Å². The van der Waals surface area contributed by atoms with Crippen molar-refractivity contribution >= 4 is 41.5 Å². The Bertz CT molecular complexity index is 597. The van der Waals surface area contributed by atoms with E-state index in [1.165, 1.54) is 11.1 Å². The summed E-state index contributed by atoms with van der Waals surface area (Å²) in [6.07, 6.45) is 11.8. The van der Waals surface area contributed by atoms with Crippen molar-refractivity contribution in [1.82, 2.24) is 10.2 Å². The zero-order chi connectivity index (χ0) is 22.9. The molecule has 0 radical (unpaired) electrons. The zero-order valence-electron chi connectivity index (χ0n) is 19.0. The normalized spacial score (nSPS) is 16.0. The first kappa shape index (κ1) is 27.3. The van der Waals surface area contributed by atoms with Crippen LogP contribution < -0.4 is 5.32 Å². The second-order valence-corrected chi connectivity index (χ2v) is 9.48. The molecule has 0 bridgehead atoms. The molecule has 0 aromatic rings. The fourth-order valence-electron chi connectivity index (χ4n) is 3.49. The fourth-order valence-corrected chi connectivity index (χ4v) is 4.68. The number of carbonyl (C=O) groups excluding carboxylic acids is 4. The third kappa shape index (κ3) is 12.7. The van der Waals surface area contributed by atoms with Crippen molar-refractivity contribution in [2.75, 3.05) is 18.8 Å². The van der Waals surface area contributed by atoms with Crippen molar-refractivity contribution in [2.24, 2.45) is 0 Å². The van der Waals surface area contributed by atoms with Crippen molar-refractivity contribution in [2.45, 2.75) is 95.6 Å². The highest BCUT2D eigenvalue weighted by atomic mass is 32.2. The van der Waals surface area contributed by atoms with Crippen molar-refractivity contribution < 1.29 is 19.2 Å². The maximum absolute atomic E-state index is 12.4. The van der Waals surface area contributed by atoms with Gasteiger partial charge in [-0.05, 0) is 63.8 Å². The lowest BCUT2D eigenvalue weighted by molar-refractivity contribution is -0.138. The Kier molecular flexibility index (Phi) is 14.9. The minimum atomic E-state index is -0.263. The summed E-state index contributed by atoms with van der Waals surface area (Å²) in [4.78, 5) is 48.7. The van der Waals surface area contributed by atoms with Crippen LogP contribution in [-0.2, 0) is 19.2 Å². The summed E-state index contributed by atoms with van der Waals surface area (Å²) >= 11 is 1.56. The summed E-state index contributed by atoms with van der Waals surface area (Å²) in [6.45, 7) is 2.75. The molecule has 0 aromatic carbocycles. The fraction of sp³-hybridized carbons (Fsp3) is 0.783. The maximum Gasteiger partial charge on any atom is 0.242 e. The lowest BCUT2D eigenvalue weighted by Gasteiger charge is -2.14. The highest BCUT2D eigenvalue weighted by Crippen LogP contribution is 2.26. The molecule has 1 heterocycles. The number of nitrogens with zero attached hydrogens (tertiary/aromatic N) is 1. The van der Waals surface area contributed by atoms with Gasteiger partial charge in [0.25, 0.3) is 0 Å². The predicted molar refractivity (Wildman–Crippen MR) is 125 cm³/mol. The van der Waals surface area contributed by atoms with E-state index in [0.29, 0.717) is 32.4 Å². The molecule has 1 rings (SSSR count). The quantitative estimate of drug-likeness (QED) is 0.175. The number of rotatable bonds is 19. The lowest BCUT2D eigenvalue weighted by atomic mass is 10.1. The summed E-state index contributed by atoms with van der Waals surface area (Å²) < 4.78 is 0. The van der Waals surface area contributed by atoms with Crippen LogP contribution in [0.25, 0.3) is 0 Å². The molecule has 0 saturated carbocycles. The molecule has 1 aliphatic heterocycles. The monoisotopic (exact) mass is 453 g/mol. The van der Waals surface area contributed by atoms with Gasteiger partial charge in [-0.25, -0.2) is 0 Å². The van der Waals surface area contributed by atoms with E-state index in [9.17, 15) is 19.2 Å². The Morgan fingerprint density at radius 1 is 1.03 bits per heavy atom. The Balaban J connectivity index is 2.04.